The van der Waals surface area contributed by atoms with Gasteiger partial charge in [0.1, 0.15) is 17.3 Å². The average molecular weight is 539 g/mol. The number of ether oxygens (including phenoxy) is 1. The Kier molecular flexibility index (Phi) is 5.66. The number of carbonyl (C=O) groups is 2. The van der Waals surface area contributed by atoms with Gasteiger partial charge in [-0.05, 0) is 60.2 Å². The number of ketones is 1. The number of benzene rings is 3. The van der Waals surface area contributed by atoms with Crippen LogP contribution in [0.4, 0.5) is 9.52 Å². The maximum absolute atomic E-state index is 13.7. The molecule has 1 saturated heterocycles. The van der Waals surface area contributed by atoms with E-state index >= 15 is 0 Å². The molecular weight excluding hydrogens is 523 g/mol. The summed E-state index contributed by atoms with van der Waals surface area (Å²) < 4.78 is 20.2. The summed E-state index contributed by atoms with van der Waals surface area (Å²) >= 11 is 4.53. The molecule has 34 heavy (non-hydrogen) atoms. The number of aliphatic hydroxyl groups excluding tert-OH is 1. The van der Waals surface area contributed by atoms with E-state index in [9.17, 15) is 19.1 Å². The van der Waals surface area contributed by atoms with E-state index in [4.69, 9.17) is 4.74 Å². The van der Waals surface area contributed by atoms with Crippen LogP contribution in [0.3, 0.4) is 0 Å². The number of Topliss-reactive ketones (excluding diaryl/α,β-unsaturated/α-hetero) is 1. The number of aromatic nitrogens is 1. The Morgan fingerprint density at radius 1 is 1.12 bits per heavy atom. The van der Waals surface area contributed by atoms with Crippen LogP contribution in [0.5, 0.6) is 5.75 Å². The van der Waals surface area contributed by atoms with Gasteiger partial charge in [-0.15, -0.1) is 0 Å². The molecular formula is C25H16BrFN2O4S. The van der Waals surface area contributed by atoms with Crippen molar-refractivity contribution in [2.24, 2.45) is 0 Å². The molecule has 0 aliphatic carbocycles. The van der Waals surface area contributed by atoms with Crippen molar-refractivity contribution in [2.45, 2.75) is 6.04 Å². The van der Waals surface area contributed by atoms with Gasteiger partial charge in [-0.1, -0.05) is 39.4 Å². The van der Waals surface area contributed by atoms with E-state index in [0.29, 0.717) is 27.1 Å². The molecule has 0 radical (unpaired) electrons. The highest BCUT2D eigenvalue weighted by atomic mass is 79.9. The first-order valence-electron chi connectivity index (χ1n) is 10.1. The minimum atomic E-state index is -0.926. The van der Waals surface area contributed by atoms with Gasteiger partial charge < -0.3 is 9.84 Å². The van der Waals surface area contributed by atoms with Crippen molar-refractivity contribution in [1.29, 1.82) is 0 Å². The van der Waals surface area contributed by atoms with Crippen LogP contribution < -0.4 is 9.64 Å². The van der Waals surface area contributed by atoms with Gasteiger partial charge in [0.25, 0.3) is 5.78 Å². The molecule has 1 fully saturated rings. The molecule has 4 aromatic rings. The summed E-state index contributed by atoms with van der Waals surface area (Å²) in [6.07, 6.45) is 0. The van der Waals surface area contributed by atoms with E-state index in [1.165, 1.54) is 30.2 Å². The van der Waals surface area contributed by atoms with Crippen molar-refractivity contribution in [3.05, 3.63) is 93.7 Å². The largest absolute Gasteiger partial charge is 0.507 e. The number of halogens is 2. The minimum Gasteiger partial charge on any atom is -0.507 e. The molecule has 1 atom stereocenters. The predicted octanol–water partition coefficient (Wildman–Crippen LogP) is 5.83. The highest BCUT2D eigenvalue weighted by molar-refractivity contribution is 9.10. The van der Waals surface area contributed by atoms with Gasteiger partial charge in [0.15, 0.2) is 5.13 Å². The number of rotatable bonds is 4. The van der Waals surface area contributed by atoms with Crippen molar-refractivity contribution in [2.75, 3.05) is 12.0 Å². The van der Waals surface area contributed by atoms with Gasteiger partial charge in [0.2, 0.25) is 0 Å². The number of thiazole rings is 1. The Balaban J connectivity index is 1.72. The fourth-order valence-corrected chi connectivity index (χ4v) is 5.35. The fraction of sp³-hybridized carbons (Fsp3) is 0.0800. The second-order valence-corrected chi connectivity index (χ2v) is 9.49. The lowest BCUT2D eigenvalue weighted by Crippen LogP contribution is -2.29. The van der Waals surface area contributed by atoms with Gasteiger partial charge in [0.05, 0.1) is 28.9 Å². The third-order valence-electron chi connectivity index (χ3n) is 5.52. The van der Waals surface area contributed by atoms with Crippen LogP contribution in [0.2, 0.25) is 0 Å². The molecule has 1 amide bonds. The maximum Gasteiger partial charge on any atom is 0.301 e. The van der Waals surface area contributed by atoms with Gasteiger partial charge in [0, 0.05) is 10.0 Å². The SMILES string of the molecule is COc1ccc(/C(O)=C2\C(=O)C(=O)N(c3nc4ccc(F)cc4s3)C2c2cccc(Br)c2)cc1. The molecule has 0 spiro atoms. The van der Waals surface area contributed by atoms with Crippen molar-refractivity contribution in [3.8, 4) is 5.75 Å². The molecule has 2 heterocycles. The minimum absolute atomic E-state index is 0.0568. The molecule has 0 bridgehead atoms. The maximum atomic E-state index is 13.7. The van der Waals surface area contributed by atoms with Crippen LogP contribution >= 0.6 is 27.3 Å². The Morgan fingerprint density at radius 3 is 2.59 bits per heavy atom. The van der Waals surface area contributed by atoms with Crippen molar-refractivity contribution in [3.63, 3.8) is 0 Å². The molecule has 170 valence electrons. The van der Waals surface area contributed by atoms with Gasteiger partial charge in [-0.2, -0.15) is 0 Å². The van der Waals surface area contributed by atoms with Crippen LogP contribution in [0, 0.1) is 5.82 Å². The van der Waals surface area contributed by atoms with Gasteiger partial charge in [-0.3, -0.25) is 14.5 Å². The fourth-order valence-electron chi connectivity index (χ4n) is 3.92. The summed E-state index contributed by atoms with van der Waals surface area (Å²) in [5.41, 5.74) is 1.42. The number of hydrogen-bond acceptors (Lipinski definition) is 6. The Morgan fingerprint density at radius 2 is 1.88 bits per heavy atom. The van der Waals surface area contributed by atoms with E-state index in [2.05, 4.69) is 20.9 Å². The zero-order chi connectivity index (χ0) is 24.0. The lowest BCUT2D eigenvalue weighted by atomic mass is 9.95. The third-order valence-corrected chi connectivity index (χ3v) is 7.03. The number of hydrogen-bond donors (Lipinski definition) is 1. The summed E-state index contributed by atoms with van der Waals surface area (Å²) in [5.74, 6) is -1.79. The zero-order valence-corrected chi connectivity index (χ0v) is 20.1. The monoisotopic (exact) mass is 538 g/mol. The molecule has 1 aliphatic heterocycles. The topological polar surface area (TPSA) is 79.7 Å². The highest BCUT2D eigenvalue weighted by Crippen LogP contribution is 2.44. The van der Waals surface area contributed by atoms with Crippen LogP contribution in [-0.4, -0.2) is 28.9 Å². The first-order chi connectivity index (χ1) is 16.4. The second kappa shape index (κ2) is 8.66. The Labute approximate surface area is 206 Å². The molecule has 9 heteroatoms. The summed E-state index contributed by atoms with van der Waals surface area (Å²) in [6.45, 7) is 0. The molecule has 1 N–H and O–H groups in total. The highest BCUT2D eigenvalue weighted by Gasteiger charge is 2.48. The summed E-state index contributed by atoms with van der Waals surface area (Å²) in [5, 5.41) is 11.4. The van der Waals surface area contributed by atoms with Crippen molar-refractivity contribution >= 4 is 60.1 Å². The lowest BCUT2D eigenvalue weighted by Gasteiger charge is -2.23. The number of nitrogens with zero attached hydrogens (tertiary/aromatic N) is 2. The second-order valence-electron chi connectivity index (χ2n) is 7.56. The number of methoxy groups -OCH3 is 1. The Bertz CT molecular complexity index is 1480. The number of aliphatic hydroxyl groups is 1. The molecule has 1 aromatic heterocycles. The lowest BCUT2D eigenvalue weighted by molar-refractivity contribution is -0.132. The molecule has 0 saturated carbocycles. The van der Waals surface area contributed by atoms with E-state index in [0.717, 1.165) is 15.8 Å². The third kappa shape index (κ3) is 3.76. The quantitative estimate of drug-likeness (QED) is 0.201. The van der Waals surface area contributed by atoms with Gasteiger partial charge in [-0.25, -0.2) is 9.37 Å². The number of anilines is 1. The van der Waals surface area contributed by atoms with Gasteiger partial charge >= 0.3 is 5.91 Å². The summed E-state index contributed by atoms with van der Waals surface area (Å²) in [4.78, 5) is 32.2. The van der Waals surface area contributed by atoms with Crippen molar-refractivity contribution in [1.82, 2.24) is 4.98 Å². The number of fused-ring (bicyclic) bond motifs is 1. The molecule has 3 aromatic carbocycles. The summed E-state index contributed by atoms with van der Waals surface area (Å²) in [7, 11) is 1.53. The smallest absolute Gasteiger partial charge is 0.301 e. The molecule has 6 nitrogen and oxygen atoms in total. The van der Waals surface area contributed by atoms with Crippen LogP contribution in [0.25, 0.3) is 16.0 Å². The Hall–Kier alpha value is -3.56. The zero-order valence-electron chi connectivity index (χ0n) is 17.7. The molecule has 5 rings (SSSR count). The van der Waals surface area contributed by atoms with Crippen LogP contribution in [0.1, 0.15) is 17.2 Å². The van der Waals surface area contributed by atoms with Crippen LogP contribution in [-0.2, 0) is 9.59 Å². The standard InChI is InChI=1S/C25H16BrFN2O4S/c1-33-17-8-5-13(6-9-17)22(30)20-21(14-3-2-4-15(26)11-14)29(24(32)23(20)31)25-28-18-10-7-16(27)12-19(18)34-25/h2-12,21,30H,1H3/b22-20+. The molecule has 1 unspecified atom stereocenters. The van der Waals surface area contributed by atoms with E-state index in [1.807, 2.05) is 6.07 Å². The van der Waals surface area contributed by atoms with Crippen molar-refractivity contribution < 1.29 is 23.8 Å². The first kappa shape index (κ1) is 22.2. The first-order valence-corrected chi connectivity index (χ1v) is 11.8. The predicted molar refractivity (Wildman–Crippen MR) is 131 cm³/mol. The van der Waals surface area contributed by atoms with E-state index in [-0.39, 0.29) is 16.5 Å². The van der Waals surface area contributed by atoms with Crippen LogP contribution in [0.15, 0.2) is 76.8 Å². The molecule has 1 aliphatic rings. The number of amides is 1. The number of carbonyl (C=O) groups excluding carboxylic acids is 2. The average Bonchev–Trinajstić information content (AvgIpc) is 3.36. The normalized spacial score (nSPS) is 17.5. The van der Waals surface area contributed by atoms with E-state index < -0.39 is 23.5 Å². The van der Waals surface area contributed by atoms with E-state index in [1.54, 1.807) is 42.5 Å². The summed E-state index contributed by atoms with van der Waals surface area (Å²) in [6, 6.07) is 16.9.